The lowest BCUT2D eigenvalue weighted by Gasteiger charge is -2.27. The van der Waals surface area contributed by atoms with Crippen molar-refractivity contribution in [2.75, 3.05) is 24.6 Å². The van der Waals surface area contributed by atoms with Crippen LogP contribution in [0.4, 0.5) is 5.69 Å². The molecule has 0 aliphatic carbocycles. The predicted molar refractivity (Wildman–Crippen MR) is 148 cm³/mol. The zero-order valence-electron chi connectivity index (χ0n) is 21.2. The fraction of sp³-hybridized carbons (Fsp3) is 0.370. The van der Waals surface area contributed by atoms with Gasteiger partial charge in [-0.3, -0.25) is 20.5 Å². The fourth-order valence-corrected chi connectivity index (χ4v) is 3.38. The Morgan fingerprint density at radius 3 is 2.29 bits per heavy atom. The van der Waals surface area contributed by atoms with E-state index in [0.29, 0.717) is 36.2 Å². The molecule has 1 amide bonds. The number of benzene rings is 2. The Balaban J connectivity index is 0.000000905. The second-order valence-corrected chi connectivity index (χ2v) is 8.30. The Morgan fingerprint density at radius 1 is 1.14 bits per heavy atom. The van der Waals surface area contributed by atoms with E-state index < -0.39 is 0 Å². The predicted octanol–water partition coefficient (Wildman–Crippen LogP) is 5.85. The number of amidine groups is 2. The molecule has 2 aromatic rings. The van der Waals surface area contributed by atoms with Gasteiger partial charge in [0.05, 0.1) is 5.69 Å². The summed E-state index contributed by atoms with van der Waals surface area (Å²) >= 11 is 6.03. The van der Waals surface area contributed by atoms with E-state index in [4.69, 9.17) is 32.9 Å². The van der Waals surface area contributed by atoms with E-state index in [1.165, 1.54) is 6.92 Å². The Morgan fingerprint density at radius 2 is 1.80 bits per heavy atom. The number of halogens is 1. The number of unbranched alkanes of at least 4 members (excludes halogenated alkanes) is 1. The minimum Gasteiger partial charge on any atom is -0.492 e. The first-order chi connectivity index (χ1) is 16.7. The van der Waals surface area contributed by atoms with Crippen LogP contribution in [0.2, 0.25) is 5.02 Å². The highest BCUT2D eigenvalue weighted by Gasteiger charge is 2.20. The third kappa shape index (κ3) is 9.92. The lowest BCUT2D eigenvalue weighted by Crippen LogP contribution is -2.35. The number of hydrogen-bond acceptors (Lipinski definition) is 5. The molecule has 8 heteroatoms. The molecule has 0 fully saturated rings. The van der Waals surface area contributed by atoms with Crippen molar-refractivity contribution >= 4 is 40.4 Å². The number of amides is 1. The Bertz CT molecular complexity index is 1010. The summed E-state index contributed by atoms with van der Waals surface area (Å²) in [5.41, 5.74) is 8.78. The Labute approximate surface area is 214 Å². The van der Waals surface area contributed by atoms with Crippen LogP contribution in [0.1, 0.15) is 58.1 Å². The summed E-state index contributed by atoms with van der Waals surface area (Å²) in [6, 6.07) is 13.1. The first-order valence-corrected chi connectivity index (χ1v) is 12.1. The summed E-state index contributed by atoms with van der Waals surface area (Å²) in [5, 5.41) is 20.0. The molecule has 35 heavy (non-hydrogen) atoms. The molecule has 0 atom stereocenters. The van der Waals surface area contributed by atoms with E-state index in [0.717, 1.165) is 41.8 Å². The van der Waals surface area contributed by atoms with Crippen molar-refractivity contribution in [1.29, 1.82) is 10.8 Å². The van der Waals surface area contributed by atoms with Gasteiger partial charge in [0.2, 0.25) is 5.91 Å². The lowest BCUT2D eigenvalue weighted by molar-refractivity contribution is -0.118. The van der Waals surface area contributed by atoms with Crippen LogP contribution in [0, 0.1) is 10.8 Å². The maximum absolute atomic E-state index is 9.93. The van der Waals surface area contributed by atoms with Crippen LogP contribution in [-0.4, -0.2) is 37.3 Å². The van der Waals surface area contributed by atoms with Gasteiger partial charge in [-0.05, 0) is 61.7 Å². The molecule has 0 bridgehead atoms. The second-order valence-electron chi connectivity index (χ2n) is 7.86. The third-order valence-electron chi connectivity index (χ3n) is 4.91. The van der Waals surface area contributed by atoms with Crippen molar-refractivity contribution < 1.29 is 9.53 Å². The molecule has 0 radical (unpaired) electrons. The van der Waals surface area contributed by atoms with Crippen molar-refractivity contribution in [3.8, 4) is 5.75 Å². The molecule has 5 N–H and O–H groups in total. The number of rotatable bonds is 10. The molecule has 190 valence electrons. The van der Waals surface area contributed by atoms with E-state index in [1.54, 1.807) is 11.8 Å². The number of carbonyl (C=O) groups excluding carboxylic acids is 1. The average molecular weight is 500 g/mol. The van der Waals surface area contributed by atoms with Gasteiger partial charge in [-0.15, -0.1) is 0 Å². The largest absolute Gasteiger partial charge is 0.492 e. The van der Waals surface area contributed by atoms with Crippen LogP contribution in [0.15, 0.2) is 49.0 Å². The minimum atomic E-state index is 0.0394. The fourth-order valence-electron chi connectivity index (χ4n) is 3.26. The van der Waals surface area contributed by atoms with Gasteiger partial charge in [0.25, 0.3) is 0 Å². The van der Waals surface area contributed by atoms with E-state index in [9.17, 15) is 4.79 Å². The number of carbonyl (C=O) groups is 1. The van der Waals surface area contributed by atoms with Gasteiger partial charge in [0.15, 0.2) is 0 Å². The number of nitrogens with one attached hydrogen (secondary N) is 3. The average Bonchev–Trinajstić information content (AvgIpc) is 2.82. The molecule has 0 saturated carbocycles. The monoisotopic (exact) mass is 499 g/mol. The zero-order chi connectivity index (χ0) is 26.4. The topological polar surface area (TPSA) is 115 Å². The van der Waals surface area contributed by atoms with Crippen LogP contribution >= 0.6 is 11.6 Å². The molecular formula is C27H38ClN5O2. The van der Waals surface area contributed by atoms with Gasteiger partial charge >= 0.3 is 0 Å². The van der Waals surface area contributed by atoms with Gasteiger partial charge in [-0.2, -0.15) is 0 Å². The summed E-state index contributed by atoms with van der Waals surface area (Å²) in [6.07, 6.45) is 2.49. The lowest BCUT2D eigenvalue weighted by atomic mass is 9.96. The summed E-state index contributed by atoms with van der Waals surface area (Å²) in [5.74, 6) is 1.39. The molecule has 0 aliphatic heterocycles. The van der Waals surface area contributed by atoms with Gasteiger partial charge in [-0.25, -0.2) is 0 Å². The number of hydrogen-bond donors (Lipinski definition) is 4. The first kappa shape index (κ1) is 29.9. The van der Waals surface area contributed by atoms with Crippen molar-refractivity contribution in [2.45, 2.75) is 47.0 Å². The maximum Gasteiger partial charge on any atom is 0.216 e. The van der Waals surface area contributed by atoms with Gasteiger partial charge in [0, 0.05) is 37.0 Å². The molecule has 2 rings (SSSR count). The van der Waals surface area contributed by atoms with Crippen molar-refractivity contribution in [3.63, 3.8) is 0 Å². The summed E-state index contributed by atoms with van der Waals surface area (Å²) in [6.45, 7) is 13.0. The Kier molecular flexibility index (Phi) is 13.4. The molecule has 7 nitrogen and oxygen atoms in total. The molecule has 0 heterocycles. The van der Waals surface area contributed by atoms with Crippen molar-refractivity contribution in [2.24, 2.45) is 5.73 Å². The highest BCUT2D eigenvalue weighted by atomic mass is 35.5. The molecular weight excluding hydrogens is 462 g/mol. The number of nitrogens with two attached hydrogens (primary N) is 1. The van der Waals surface area contributed by atoms with Crippen LogP contribution in [0.25, 0.3) is 5.57 Å². The molecule has 0 aliphatic rings. The third-order valence-corrected chi connectivity index (χ3v) is 5.16. The smallest absolute Gasteiger partial charge is 0.216 e. The van der Waals surface area contributed by atoms with Crippen LogP contribution in [-0.2, 0) is 4.79 Å². The number of nitrogens with zero attached hydrogens (tertiary/aromatic N) is 1. The second kappa shape index (κ2) is 15.7. The van der Waals surface area contributed by atoms with Crippen molar-refractivity contribution in [1.82, 2.24) is 5.32 Å². The minimum absolute atomic E-state index is 0.0394. The normalized spacial score (nSPS) is 10.0. The standard InChI is InChI=1S/C23H29ClN4O.C4H9NO/c1-4-5-6-23(27)28(17(3)26)22-12-11-20(29-14-13-25)15-21(22)16(2)18-7-9-19(24)10-8-18;1-3-5-4(2)6/h7-12,15,26-27H,2,4-6,13-14,25H2,1,3H3;3H2,1-2H3,(H,5,6). The van der Waals surface area contributed by atoms with E-state index in [-0.39, 0.29) is 11.7 Å². The zero-order valence-corrected chi connectivity index (χ0v) is 22.0. The van der Waals surface area contributed by atoms with Crippen LogP contribution in [0.5, 0.6) is 5.75 Å². The highest BCUT2D eigenvalue weighted by molar-refractivity contribution is 6.30. The Hall–Kier alpha value is -3.16. The molecule has 2 aromatic carbocycles. The molecule has 0 saturated heterocycles. The SMILES string of the molecule is C=C(c1ccc(Cl)cc1)c1cc(OCCN)ccc1N(C(C)=N)C(=N)CCCC.CCNC(C)=O. The summed E-state index contributed by atoms with van der Waals surface area (Å²) in [4.78, 5) is 11.6. The maximum atomic E-state index is 9.93. The quantitative estimate of drug-likeness (QED) is 0.242. The number of anilines is 1. The highest BCUT2D eigenvalue weighted by Crippen LogP contribution is 2.35. The first-order valence-electron chi connectivity index (χ1n) is 11.7. The number of ether oxygens (including phenoxy) is 1. The van der Waals surface area contributed by atoms with E-state index in [2.05, 4.69) is 18.8 Å². The van der Waals surface area contributed by atoms with Crippen LogP contribution in [0.3, 0.4) is 0 Å². The van der Waals surface area contributed by atoms with Gasteiger partial charge < -0.3 is 15.8 Å². The van der Waals surface area contributed by atoms with E-state index in [1.807, 2.05) is 49.4 Å². The molecule has 0 aromatic heterocycles. The summed E-state index contributed by atoms with van der Waals surface area (Å²) in [7, 11) is 0. The van der Waals surface area contributed by atoms with Gasteiger partial charge in [0.1, 0.15) is 24.0 Å². The summed E-state index contributed by atoms with van der Waals surface area (Å²) < 4.78 is 5.71. The van der Waals surface area contributed by atoms with Gasteiger partial charge in [-0.1, -0.05) is 43.7 Å². The van der Waals surface area contributed by atoms with Crippen molar-refractivity contribution in [3.05, 3.63) is 65.2 Å². The van der Waals surface area contributed by atoms with E-state index >= 15 is 0 Å². The molecule has 0 spiro atoms. The van der Waals surface area contributed by atoms with Crippen LogP contribution < -0.4 is 20.7 Å². The molecule has 0 unspecified atom stereocenters.